The molecule has 1 heterocycles. The lowest BCUT2D eigenvalue weighted by atomic mass is 9.91. The van der Waals surface area contributed by atoms with E-state index in [2.05, 4.69) is 31.0 Å². The van der Waals surface area contributed by atoms with Gasteiger partial charge in [0.05, 0.1) is 12.1 Å². The number of nitrogens with zero attached hydrogens (tertiary/aromatic N) is 1. The number of rotatable bonds is 4. The van der Waals surface area contributed by atoms with Crippen LogP contribution in [0.2, 0.25) is 0 Å². The van der Waals surface area contributed by atoms with Crippen molar-refractivity contribution in [2.45, 2.75) is 26.0 Å². The van der Waals surface area contributed by atoms with E-state index in [9.17, 15) is 0 Å². The van der Waals surface area contributed by atoms with Gasteiger partial charge in [-0.25, -0.2) is 0 Å². The molecule has 0 amide bonds. The van der Waals surface area contributed by atoms with Crippen molar-refractivity contribution in [3.05, 3.63) is 42.2 Å². The van der Waals surface area contributed by atoms with Crippen LogP contribution in [0.15, 0.2) is 36.7 Å². The number of aromatic nitrogens is 1. The molecule has 3 heteroatoms. The second-order valence-electron chi connectivity index (χ2n) is 4.91. The van der Waals surface area contributed by atoms with Crippen LogP contribution in [-0.2, 0) is 4.74 Å². The lowest BCUT2D eigenvalue weighted by molar-refractivity contribution is 0.0441. The summed E-state index contributed by atoms with van der Waals surface area (Å²) in [4.78, 5) is 4.14. The normalized spacial score (nSPS) is 14.9. The molecule has 2 N–H and O–H groups in total. The van der Waals surface area contributed by atoms with Crippen LogP contribution in [0, 0.1) is 5.92 Å². The van der Waals surface area contributed by atoms with Crippen LogP contribution in [-0.4, -0.2) is 18.2 Å². The van der Waals surface area contributed by atoms with Gasteiger partial charge in [-0.2, -0.15) is 0 Å². The monoisotopic (exact) mass is 244 g/mol. The van der Waals surface area contributed by atoms with Gasteiger partial charge in [0.25, 0.3) is 0 Å². The molecule has 3 nitrogen and oxygen atoms in total. The molecule has 2 aromatic rings. The smallest absolute Gasteiger partial charge is 0.0786 e. The molecule has 0 spiro atoms. The van der Waals surface area contributed by atoms with Gasteiger partial charge in [-0.15, -0.1) is 0 Å². The van der Waals surface area contributed by atoms with E-state index in [1.807, 2.05) is 18.3 Å². The van der Waals surface area contributed by atoms with E-state index in [4.69, 9.17) is 10.5 Å². The van der Waals surface area contributed by atoms with E-state index in [1.54, 1.807) is 13.3 Å². The maximum absolute atomic E-state index is 6.37. The van der Waals surface area contributed by atoms with Gasteiger partial charge in [0.15, 0.2) is 0 Å². The fourth-order valence-electron chi connectivity index (χ4n) is 2.45. The van der Waals surface area contributed by atoms with Gasteiger partial charge >= 0.3 is 0 Å². The summed E-state index contributed by atoms with van der Waals surface area (Å²) in [6, 6.07) is 8.03. The van der Waals surface area contributed by atoms with Crippen molar-refractivity contribution < 1.29 is 4.74 Å². The van der Waals surface area contributed by atoms with Crippen molar-refractivity contribution >= 4 is 10.8 Å². The topological polar surface area (TPSA) is 48.1 Å². The van der Waals surface area contributed by atoms with Crippen LogP contribution < -0.4 is 5.73 Å². The second kappa shape index (κ2) is 5.46. The number of hydrogen-bond acceptors (Lipinski definition) is 3. The number of hydrogen-bond donors (Lipinski definition) is 1. The van der Waals surface area contributed by atoms with Crippen LogP contribution in [0.25, 0.3) is 10.8 Å². The van der Waals surface area contributed by atoms with Crippen molar-refractivity contribution in [2.75, 3.05) is 7.11 Å². The number of nitrogens with two attached hydrogens (primary N) is 1. The van der Waals surface area contributed by atoms with Gasteiger partial charge in [0.1, 0.15) is 0 Å². The fourth-order valence-corrected chi connectivity index (χ4v) is 2.45. The molecule has 0 saturated heterocycles. The van der Waals surface area contributed by atoms with E-state index in [1.165, 1.54) is 0 Å². The van der Waals surface area contributed by atoms with Crippen LogP contribution in [0.3, 0.4) is 0 Å². The predicted octanol–water partition coefficient (Wildman–Crippen LogP) is 2.91. The molecular formula is C15H20N2O. The first-order valence-corrected chi connectivity index (χ1v) is 6.26. The van der Waals surface area contributed by atoms with Gasteiger partial charge in [-0.3, -0.25) is 4.98 Å². The van der Waals surface area contributed by atoms with Gasteiger partial charge < -0.3 is 10.5 Å². The third-order valence-electron chi connectivity index (χ3n) is 3.36. The lowest BCUT2D eigenvalue weighted by Gasteiger charge is -2.27. The van der Waals surface area contributed by atoms with Crippen LogP contribution in [0.4, 0.5) is 0 Å². The number of benzene rings is 1. The summed E-state index contributed by atoms with van der Waals surface area (Å²) in [6.07, 6.45) is 3.68. The summed E-state index contributed by atoms with van der Waals surface area (Å²) >= 11 is 0. The summed E-state index contributed by atoms with van der Waals surface area (Å²) in [6.45, 7) is 4.25. The van der Waals surface area contributed by atoms with Crippen molar-refractivity contribution in [3.63, 3.8) is 0 Å². The Hall–Kier alpha value is -1.45. The van der Waals surface area contributed by atoms with Gasteiger partial charge in [-0.1, -0.05) is 32.0 Å². The second-order valence-corrected chi connectivity index (χ2v) is 4.91. The Morgan fingerprint density at radius 1 is 1.22 bits per heavy atom. The zero-order chi connectivity index (χ0) is 13.1. The minimum atomic E-state index is -0.124. The first-order chi connectivity index (χ1) is 8.65. The van der Waals surface area contributed by atoms with E-state index in [-0.39, 0.29) is 12.1 Å². The molecule has 2 rings (SSSR count). The number of fused-ring (bicyclic) bond motifs is 1. The predicted molar refractivity (Wildman–Crippen MR) is 74.3 cm³/mol. The Labute approximate surface area is 108 Å². The number of pyridine rings is 1. The average Bonchev–Trinajstić information content (AvgIpc) is 2.38. The van der Waals surface area contributed by atoms with E-state index in [0.29, 0.717) is 5.92 Å². The molecule has 18 heavy (non-hydrogen) atoms. The standard InChI is InChI=1S/C15H20N2O/c1-10(2)15(18-3)14(16)13-6-4-5-11-9-17-8-7-12(11)13/h4-10,14-15H,16H2,1-3H3. The van der Waals surface area contributed by atoms with Crippen LogP contribution in [0.1, 0.15) is 25.5 Å². The molecule has 0 aliphatic heterocycles. The highest BCUT2D eigenvalue weighted by Gasteiger charge is 2.23. The van der Waals surface area contributed by atoms with Crippen molar-refractivity contribution in [2.24, 2.45) is 11.7 Å². The fraction of sp³-hybridized carbons (Fsp3) is 0.400. The first kappa shape index (κ1) is 13.0. The van der Waals surface area contributed by atoms with Gasteiger partial charge in [0, 0.05) is 24.9 Å². The van der Waals surface area contributed by atoms with E-state index >= 15 is 0 Å². The average molecular weight is 244 g/mol. The molecular weight excluding hydrogens is 224 g/mol. The summed E-state index contributed by atoms with van der Waals surface area (Å²) < 4.78 is 5.54. The highest BCUT2D eigenvalue weighted by Crippen LogP contribution is 2.28. The number of methoxy groups -OCH3 is 1. The zero-order valence-electron chi connectivity index (χ0n) is 11.1. The van der Waals surface area contributed by atoms with Gasteiger partial charge in [-0.05, 0) is 22.9 Å². The van der Waals surface area contributed by atoms with Crippen LogP contribution >= 0.6 is 0 Å². The largest absolute Gasteiger partial charge is 0.379 e. The summed E-state index contributed by atoms with van der Waals surface area (Å²) in [5.74, 6) is 0.377. The first-order valence-electron chi connectivity index (χ1n) is 6.26. The van der Waals surface area contributed by atoms with Gasteiger partial charge in [0.2, 0.25) is 0 Å². The minimum absolute atomic E-state index is 0.0174. The van der Waals surface area contributed by atoms with Crippen molar-refractivity contribution in [1.82, 2.24) is 4.98 Å². The molecule has 0 fully saturated rings. The Morgan fingerprint density at radius 2 is 2.00 bits per heavy atom. The lowest BCUT2D eigenvalue weighted by Crippen LogP contribution is -2.32. The Bertz CT molecular complexity index is 519. The Kier molecular flexibility index (Phi) is 3.94. The van der Waals surface area contributed by atoms with Crippen LogP contribution in [0.5, 0.6) is 0 Å². The maximum Gasteiger partial charge on any atom is 0.0786 e. The number of ether oxygens (including phenoxy) is 1. The van der Waals surface area contributed by atoms with E-state index in [0.717, 1.165) is 16.3 Å². The third kappa shape index (κ3) is 2.37. The molecule has 96 valence electrons. The van der Waals surface area contributed by atoms with Crippen molar-refractivity contribution in [1.29, 1.82) is 0 Å². The molecule has 0 aliphatic carbocycles. The molecule has 0 radical (unpaired) electrons. The Morgan fingerprint density at radius 3 is 2.67 bits per heavy atom. The quantitative estimate of drug-likeness (QED) is 0.899. The third-order valence-corrected chi connectivity index (χ3v) is 3.36. The summed E-state index contributed by atoms with van der Waals surface area (Å²) in [7, 11) is 1.72. The molecule has 0 saturated carbocycles. The highest BCUT2D eigenvalue weighted by molar-refractivity contribution is 5.85. The molecule has 0 bridgehead atoms. The molecule has 2 unspecified atom stereocenters. The summed E-state index contributed by atoms with van der Waals surface area (Å²) in [5, 5.41) is 2.27. The van der Waals surface area contributed by atoms with Crippen molar-refractivity contribution in [3.8, 4) is 0 Å². The molecule has 2 atom stereocenters. The molecule has 1 aromatic heterocycles. The zero-order valence-corrected chi connectivity index (χ0v) is 11.1. The summed E-state index contributed by atoms with van der Waals surface area (Å²) in [5.41, 5.74) is 7.49. The molecule has 0 aliphatic rings. The minimum Gasteiger partial charge on any atom is -0.379 e. The molecule has 1 aromatic carbocycles. The highest BCUT2D eigenvalue weighted by atomic mass is 16.5. The maximum atomic E-state index is 6.37. The SMILES string of the molecule is COC(C(C)C)C(N)c1cccc2cnccc12. The van der Waals surface area contributed by atoms with E-state index < -0.39 is 0 Å². The Balaban J connectivity index is 2.47.